The number of aryl methyl sites for hydroxylation is 1. The van der Waals surface area contributed by atoms with Gasteiger partial charge in [0.05, 0.1) is 11.1 Å². The van der Waals surface area contributed by atoms with Crippen molar-refractivity contribution in [1.29, 1.82) is 0 Å². The van der Waals surface area contributed by atoms with Crippen LogP contribution in [0.3, 0.4) is 0 Å². The Morgan fingerprint density at radius 3 is 2.92 bits per heavy atom. The van der Waals surface area contributed by atoms with Crippen molar-refractivity contribution in [3.8, 4) is 0 Å². The Bertz CT molecular complexity index is 903. The molecule has 0 aliphatic heterocycles. The second-order valence-electron chi connectivity index (χ2n) is 6.18. The molecule has 1 atom stereocenters. The van der Waals surface area contributed by atoms with Gasteiger partial charge in [-0.3, -0.25) is 19.5 Å². The predicted octanol–water partition coefficient (Wildman–Crippen LogP) is 1.89. The maximum absolute atomic E-state index is 13.0. The maximum atomic E-state index is 13.0. The Kier molecular flexibility index (Phi) is 5.14. The van der Waals surface area contributed by atoms with Gasteiger partial charge in [-0.25, -0.2) is 9.78 Å². The van der Waals surface area contributed by atoms with Crippen LogP contribution in [0.2, 0.25) is 0 Å². The number of primary amides is 1. The zero-order chi connectivity index (χ0) is 18.1. The lowest BCUT2D eigenvalue weighted by Crippen LogP contribution is -2.36. The third kappa shape index (κ3) is 3.57. The van der Waals surface area contributed by atoms with Crippen LogP contribution in [0.4, 0.5) is 4.79 Å². The SMILES string of the molecule is CCn1c(SCC(=O)NC(N)=O)nc2sc3c(c2c1=O)CC[C@H](C)C3. The van der Waals surface area contributed by atoms with E-state index in [0.29, 0.717) is 17.6 Å². The fourth-order valence-electron chi connectivity index (χ4n) is 3.10. The summed E-state index contributed by atoms with van der Waals surface area (Å²) in [4.78, 5) is 41.9. The summed E-state index contributed by atoms with van der Waals surface area (Å²) < 4.78 is 1.59. The largest absolute Gasteiger partial charge is 0.351 e. The predicted molar refractivity (Wildman–Crippen MR) is 99.2 cm³/mol. The minimum atomic E-state index is -0.887. The van der Waals surface area contributed by atoms with Crippen LogP contribution in [0.15, 0.2) is 9.95 Å². The molecular weight excluding hydrogens is 360 g/mol. The second-order valence-corrected chi connectivity index (χ2v) is 8.20. The number of nitrogens with two attached hydrogens (primary N) is 1. The highest BCUT2D eigenvalue weighted by molar-refractivity contribution is 7.99. The van der Waals surface area contributed by atoms with E-state index in [1.54, 1.807) is 15.9 Å². The van der Waals surface area contributed by atoms with Crippen molar-refractivity contribution in [3.05, 3.63) is 20.8 Å². The van der Waals surface area contributed by atoms with Gasteiger partial charge in [-0.1, -0.05) is 18.7 Å². The minimum Gasteiger partial charge on any atom is -0.351 e. The van der Waals surface area contributed by atoms with Crippen LogP contribution in [0.5, 0.6) is 0 Å². The van der Waals surface area contributed by atoms with E-state index in [2.05, 4.69) is 11.9 Å². The highest BCUT2D eigenvalue weighted by Gasteiger charge is 2.24. The summed E-state index contributed by atoms with van der Waals surface area (Å²) >= 11 is 2.72. The average Bonchev–Trinajstić information content (AvgIpc) is 2.89. The Morgan fingerprint density at radius 1 is 1.48 bits per heavy atom. The molecule has 25 heavy (non-hydrogen) atoms. The molecule has 0 radical (unpaired) electrons. The summed E-state index contributed by atoms with van der Waals surface area (Å²) in [5.74, 6) is 0.0947. The highest BCUT2D eigenvalue weighted by Crippen LogP contribution is 2.36. The number of amides is 3. The lowest BCUT2D eigenvalue weighted by atomic mass is 9.89. The molecule has 2 aromatic rings. The average molecular weight is 380 g/mol. The van der Waals surface area contributed by atoms with E-state index in [4.69, 9.17) is 5.73 Å². The van der Waals surface area contributed by atoms with Crippen molar-refractivity contribution in [2.45, 2.75) is 44.8 Å². The summed E-state index contributed by atoms with van der Waals surface area (Å²) in [6.07, 6.45) is 3.00. The quantitative estimate of drug-likeness (QED) is 0.622. The molecule has 0 aromatic carbocycles. The molecule has 0 saturated heterocycles. The fourth-order valence-corrected chi connectivity index (χ4v) is 5.38. The van der Waals surface area contributed by atoms with Gasteiger partial charge >= 0.3 is 6.03 Å². The van der Waals surface area contributed by atoms with Crippen molar-refractivity contribution < 1.29 is 9.59 Å². The number of hydrogen-bond acceptors (Lipinski definition) is 6. The molecule has 134 valence electrons. The molecule has 1 aliphatic rings. The van der Waals surface area contributed by atoms with E-state index in [1.165, 1.54) is 4.88 Å². The van der Waals surface area contributed by atoms with Crippen molar-refractivity contribution in [3.63, 3.8) is 0 Å². The Morgan fingerprint density at radius 2 is 2.24 bits per heavy atom. The lowest BCUT2D eigenvalue weighted by molar-refractivity contribution is -0.117. The van der Waals surface area contributed by atoms with Gasteiger partial charge in [0.1, 0.15) is 4.83 Å². The normalized spacial score (nSPS) is 16.6. The number of thioether (sulfide) groups is 1. The molecule has 7 nitrogen and oxygen atoms in total. The number of hydrogen-bond donors (Lipinski definition) is 2. The molecule has 9 heteroatoms. The summed E-state index contributed by atoms with van der Waals surface area (Å²) in [6.45, 7) is 4.58. The van der Waals surface area contributed by atoms with E-state index in [9.17, 15) is 14.4 Å². The van der Waals surface area contributed by atoms with Gasteiger partial charge in [0.15, 0.2) is 5.16 Å². The lowest BCUT2D eigenvalue weighted by Gasteiger charge is -2.17. The number of aromatic nitrogens is 2. The smallest absolute Gasteiger partial charge is 0.318 e. The first-order valence-electron chi connectivity index (χ1n) is 8.17. The van der Waals surface area contributed by atoms with E-state index in [0.717, 1.165) is 46.8 Å². The van der Waals surface area contributed by atoms with Gasteiger partial charge in [0.2, 0.25) is 5.91 Å². The molecule has 0 saturated carbocycles. The first kappa shape index (κ1) is 17.9. The summed E-state index contributed by atoms with van der Waals surface area (Å²) in [7, 11) is 0. The van der Waals surface area contributed by atoms with Crippen LogP contribution < -0.4 is 16.6 Å². The third-order valence-electron chi connectivity index (χ3n) is 4.29. The molecule has 0 spiro atoms. The summed E-state index contributed by atoms with van der Waals surface area (Å²) in [5.41, 5.74) is 6.04. The van der Waals surface area contributed by atoms with Crippen LogP contribution in [0, 0.1) is 5.92 Å². The molecule has 1 aliphatic carbocycles. The number of urea groups is 1. The minimum absolute atomic E-state index is 0.0248. The number of nitrogens with zero attached hydrogens (tertiary/aromatic N) is 2. The number of fused-ring (bicyclic) bond motifs is 3. The first-order chi connectivity index (χ1) is 11.9. The van der Waals surface area contributed by atoms with E-state index < -0.39 is 11.9 Å². The molecule has 2 heterocycles. The zero-order valence-electron chi connectivity index (χ0n) is 14.1. The summed E-state index contributed by atoms with van der Waals surface area (Å²) in [5, 5.41) is 3.24. The first-order valence-corrected chi connectivity index (χ1v) is 9.98. The number of imide groups is 1. The number of carbonyl (C=O) groups excluding carboxylic acids is 2. The zero-order valence-corrected chi connectivity index (χ0v) is 15.8. The molecule has 0 bridgehead atoms. The molecule has 3 N–H and O–H groups in total. The fraction of sp³-hybridized carbons (Fsp3) is 0.500. The van der Waals surface area contributed by atoms with Crippen LogP contribution in [-0.4, -0.2) is 27.2 Å². The van der Waals surface area contributed by atoms with Crippen molar-refractivity contribution in [2.75, 3.05) is 5.75 Å². The molecule has 2 aromatic heterocycles. The van der Waals surface area contributed by atoms with E-state index in [-0.39, 0.29) is 11.3 Å². The van der Waals surface area contributed by atoms with Crippen LogP contribution in [0.25, 0.3) is 10.2 Å². The molecule has 3 rings (SSSR count). The molecule has 0 fully saturated rings. The van der Waals surface area contributed by atoms with Gasteiger partial charge in [-0.05, 0) is 37.7 Å². The monoisotopic (exact) mass is 380 g/mol. The van der Waals surface area contributed by atoms with Crippen molar-refractivity contribution in [2.24, 2.45) is 11.7 Å². The Hall–Kier alpha value is -1.87. The summed E-state index contributed by atoms with van der Waals surface area (Å²) in [6, 6.07) is -0.887. The molecule has 3 amide bonds. The van der Waals surface area contributed by atoms with E-state index >= 15 is 0 Å². The second kappa shape index (κ2) is 7.17. The standard InChI is InChI=1S/C16H20N4O3S2/c1-3-20-14(22)12-9-5-4-8(2)6-10(9)25-13(12)19-16(20)24-7-11(21)18-15(17)23/h8H,3-7H2,1-2H3,(H3,17,18,21,23)/t8-/m0/s1. The topological polar surface area (TPSA) is 107 Å². The van der Waals surface area contributed by atoms with Crippen molar-refractivity contribution >= 4 is 45.3 Å². The Labute approximate surface area is 153 Å². The van der Waals surface area contributed by atoms with Gasteiger partial charge in [0, 0.05) is 11.4 Å². The number of nitrogens with one attached hydrogen (secondary N) is 1. The maximum Gasteiger partial charge on any atom is 0.318 e. The number of thiophene rings is 1. The van der Waals surface area contributed by atoms with E-state index in [1.807, 2.05) is 12.2 Å². The van der Waals surface area contributed by atoms with Crippen molar-refractivity contribution in [1.82, 2.24) is 14.9 Å². The van der Waals surface area contributed by atoms with Gasteiger partial charge in [-0.15, -0.1) is 11.3 Å². The highest BCUT2D eigenvalue weighted by atomic mass is 32.2. The number of rotatable bonds is 4. The van der Waals surface area contributed by atoms with Crippen LogP contribution in [0.1, 0.15) is 30.7 Å². The molecular formula is C16H20N4O3S2. The van der Waals surface area contributed by atoms with Crippen LogP contribution in [-0.2, 0) is 24.2 Å². The van der Waals surface area contributed by atoms with Gasteiger partial charge in [0.25, 0.3) is 5.56 Å². The third-order valence-corrected chi connectivity index (χ3v) is 6.42. The Balaban J connectivity index is 1.98. The van der Waals surface area contributed by atoms with Gasteiger partial charge < -0.3 is 5.73 Å². The number of carbonyl (C=O) groups is 2. The van der Waals surface area contributed by atoms with Gasteiger partial charge in [-0.2, -0.15) is 0 Å². The molecule has 0 unspecified atom stereocenters. The van der Waals surface area contributed by atoms with Crippen LogP contribution >= 0.6 is 23.1 Å².